The summed E-state index contributed by atoms with van der Waals surface area (Å²) < 4.78 is 0. The van der Waals surface area contributed by atoms with Crippen LogP contribution in [0, 0.1) is 0 Å². The Morgan fingerprint density at radius 3 is 2.40 bits per heavy atom. The summed E-state index contributed by atoms with van der Waals surface area (Å²) in [5, 5.41) is 3.42. The molecule has 62 valence electrons. The lowest BCUT2D eigenvalue weighted by molar-refractivity contribution is 0.182. The summed E-state index contributed by atoms with van der Waals surface area (Å²) in [5.74, 6) is 0. The van der Waals surface area contributed by atoms with E-state index in [4.69, 9.17) is 0 Å². The Bertz CT molecular complexity index is 97.6. The van der Waals surface area contributed by atoms with Gasteiger partial charge in [-0.2, -0.15) is 0 Å². The van der Waals surface area contributed by atoms with Crippen LogP contribution in [0.25, 0.3) is 0 Å². The van der Waals surface area contributed by atoms with Crippen molar-refractivity contribution in [2.45, 2.75) is 25.9 Å². The van der Waals surface area contributed by atoms with Crippen LogP contribution in [0.1, 0.15) is 13.8 Å². The lowest BCUT2D eigenvalue weighted by atomic mass is 10.2. The van der Waals surface area contributed by atoms with Crippen LogP contribution >= 0.6 is 12.4 Å². The zero-order chi connectivity index (χ0) is 6.85. The summed E-state index contributed by atoms with van der Waals surface area (Å²) >= 11 is 0. The molecule has 0 aliphatic carbocycles. The SMILES string of the molecule is C[C@H]1CN(C)[C@@H](C)CN1.Cl. The molecule has 3 heteroatoms. The molecule has 2 atom stereocenters. The molecule has 0 saturated carbocycles. The van der Waals surface area contributed by atoms with Gasteiger partial charge in [0.05, 0.1) is 0 Å². The van der Waals surface area contributed by atoms with Crippen molar-refractivity contribution in [3.05, 3.63) is 0 Å². The Morgan fingerprint density at radius 1 is 1.40 bits per heavy atom. The quantitative estimate of drug-likeness (QED) is 0.568. The largest absolute Gasteiger partial charge is 0.311 e. The van der Waals surface area contributed by atoms with Crippen molar-refractivity contribution in [1.82, 2.24) is 10.2 Å². The molecular formula is C7H17ClN2. The van der Waals surface area contributed by atoms with Crippen molar-refractivity contribution >= 4 is 12.4 Å². The first-order chi connectivity index (χ1) is 4.20. The van der Waals surface area contributed by atoms with Gasteiger partial charge in [0.25, 0.3) is 0 Å². The van der Waals surface area contributed by atoms with Gasteiger partial charge in [-0.1, -0.05) is 0 Å². The van der Waals surface area contributed by atoms with Gasteiger partial charge < -0.3 is 10.2 Å². The highest BCUT2D eigenvalue weighted by Crippen LogP contribution is 2.01. The maximum atomic E-state index is 3.42. The lowest BCUT2D eigenvalue weighted by Crippen LogP contribution is -2.52. The Labute approximate surface area is 69.4 Å². The Hall–Kier alpha value is 0.210. The van der Waals surface area contributed by atoms with E-state index in [9.17, 15) is 0 Å². The molecule has 0 spiro atoms. The Morgan fingerprint density at radius 2 is 2.00 bits per heavy atom. The van der Waals surface area contributed by atoms with E-state index < -0.39 is 0 Å². The minimum absolute atomic E-state index is 0. The van der Waals surface area contributed by atoms with Crippen molar-refractivity contribution in [2.75, 3.05) is 20.1 Å². The highest BCUT2D eigenvalue weighted by atomic mass is 35.5. The van der Waals surface area contributed by atoms with Gasteiger partial charge in [-0.3, -0.25) is 0 Å². The maximum Gasteiger partial charge on any atom is 0.0190 e. The smallest absolute Gasteiger partial charge is 0.0190 e. The van der Waals surface area contributed by atoms with Crippen LogP contribution in [0.4, 0.5) is 0 Å². The molecule has 0 radical (unpaired) electrons. The van der Waals surface area contributed by atoms with Gasteiger partial charge in [0, 0.05) is 25.2 Å². The topological polar surface area (TPSA) is 15.3 Å². The Balaban J connectivity index is 0.000000810. The van der Waals surface area contributed by atoms with Gasteiger partial charge in [-0.05, 0) is 20.9 Å². The predicted molar refractivity (Wildman–Crippen MR) is 46.8 cm³/mol. The summed E-state index contributed by atoms with van der Waals surface area (Å²) in [6, 6.07) is 1.38. The fraction of sp³-hybridized carbons (Fsp3) is 1.00. The summed E-state index contributed by atoms with van der Waals surface area (Å²) in [5.41, 5.74) is 0. The molecule has 1 saturated heterocycles. The number of hydrogen-bond donors (Lipinski definition) is 1. The minimum atomic E-state index is 0. The van der Waals surface area contributed by atoms with Gasteiger partial charge in [-0.25, -0.2) is 0 Å². The van der Waals surface area contributed by atoms with E-state index in [-0.39, 0.29) is 12.4 Å². The monoisotopic (exact) mass is 164 g/mol. The first kappa shape index (κ1) is 10.2. The molecule has 2 nitrogen and oxygen atoms in total. The normalized spacial score (nSPS) is 35.1. The average Bonchev–Trinajstić information content (AvgIpc) is 1.80. The highest BCUT2D eigenvalue weighted by molar-refractivity contribution is 5.85. The maximum absolute atomic E-state index is 3.42. The van der Waals surface area contributed by atoms with Crippen LogP contribution in [0.5, 0.6) is 0 Å². The molecule has 0 unspecified atom stereocenters. The van der Waals surface area contributed by atoms with Crippen LogP contribution in [-0.2, 0) is 0 Å². The lowest BCUT2D eigenvalue weighted by Gasteiger charge is -2.34. The molecule has 0 bridgehead atoms. The van der Waals surface area contributed by atoms with E-state index in [0.29, 0.717) is 12.1 Å². The van der Waals surface area contributed by atoms with Gasteiger partial charge in [0.2, 0.25) is 0 Å². The van der Waals surface area contributed by atoms with Crippen LogP contribution in [0.15, 0.2) is 0 Å². The van der Waals surface area contributed by atoms with E-state index in [0.717, 1.165) is 6.54 Å². The second kappa shape index (κ2) is 4.16. The second-order valence-corrected chi connectivity index (χ2v) is 3.10. The van der Waals surface area contributed by atoms with Crippen molar-refractivity contribution in [2.24, 2.45) is 0 Å². The fourth-order valence-electron chi connectivity index (χ4n) is 1.20. The molecular weight excluding hydrogens is 148 g/mol. The fourth-order valence-corrected chi connectivity index (χ4v) is 1.20. The summed E-state index contributed by atoms with van der Waals surface area (Å²) in [6.45, 7) is 6.79. The summed E-state index contributed by atoms with van der Waals surface area (Å²) in [7, 11) is 2.18. The van der Waals surface area contributed by atoms with Crippen molar-refractivity contribution in [1.29, 1.82) is 0 Å². The number of rotatable bonds is 0. The van der Waals surface area contributed by atoms with E-state index in [1.807, 2.05) is 0 Å². The van der Waals surface area contributed by atoms with Gasteiger partial charge in [0.1, 0.15) is 0 Å². The van der Waals surface area contributed by atoms with Crippen LogP contribution in [-0.4, -0.2) is 37.1 Å². The molecule has 0 amide bonds. The minimum Gasteiger partial charge on any atom is -0.311 e. The Kier molecular flexibility index (Phi) is 4.25. The second-order valence-electron chi connectivity index (χ2n) is 3.10. The standard InChI is InChI=1S/C7H16N2.ClH/c1-6-5-9(3)7(2)4-8-6;/h6-8H,4-5H2,1-3H3;1H/t6-,7-;/m0./s1. The first-order valence-electron chi connectivity index (χ1n) is 3.64. The van der Waals surface area contributed by atoms with E-state index in [2.05, 4.69) is 31.1 Å². The molecule has 10 heavy (non-hydrogen) atoms. The number of nitrogens with one attached hydrogen (secondary N) is 1. The molecule has 0 aromatic heterocycles. The zero-order valence-electron chi connectivity index (χ0n) is 6.92. The third kappa shape index (κ3) is 2.45. The summed E-state index contributed by atoms with van der Waals surface area (Å²) in [6.07, 6.45) is 0. The molecule has 0 aromatic carbocycles. The number of piperazine rings is 1. The van der Waals surface area contributed by atoms with Crippen LogP contribution in [0.2, 0.25) is 0 Å². The van der Waals surface area contributed by atoms with Gasteiger partial charge >= 0.3 is 0 Å². The molecule has 1 aliphatic heterocycles. The van der Waals surface area contributed by atoms with E-state index >= 15 is 0 Å². The molecule has 1 heterocycles. The number of halogens is 1. The molecule has 1 rings (SSSR count). The highest BCUT2D eigenvalue weighted by Gasteiger charge is 2.17. The van der Waals surface area contributed by atoms with Crippen molar-refractivity contribution in [3.63, 3.8) is 0 Å². The zero-order valence-corrected chi connectivity index (χ0v) is 7.74. The molecule has 1 N–H and O–H groups in total. The van der Waals surface area contributed by atoms with Crippen molar-refractivity contribution < 1.29 is 0 Å². The summed E-state index contributed by atoms with van der Waals surface area (Å²) in [4.78, 5) is 2.39. The van der Waals surface area contributed by atoms with Gasteiger partial charge in [-0.15, -0.1) is 12.4 Å². The molecule has 0 aromatic rings. The average molecular weight is 165 g/mol. The first-order valence-corrected chi connectivity index (χ1v) is 3.64. The molecule has 1 aliphatic rings. The third-order valence-corrected chi connectivity index (χ3v) is 2.08. The third-order valence-electron chi connectivity index (χ3n) is 2.08. The van der Waals surface area contributed by atoms with Gasteiger partial charge in [0.15, 0.2) is 0 Å². The molecule has 1 fully saturated rings. The number of nitrogens with zero attached hydrogens (tertiary/aromatic N) is 1. The van der Waals surface area contributed by atoms with Crippen LogP contribution in [0.3, 0.4) is 0 Å². The van der Waals surface area contributed by atoms with Crippen LogP contribution < -0.4 is 5.32 Å². The number of likely N-dealkylation sites (N-methyl/N-ethyl adjacent to an activating group) is 1. The van der Waals surface area contributed by atoms with E-state index in [1.54, 1.807) is 0 Å². The number of hydrogen-bond acceptors (Lipinski definition) is 2. The predicted octanol–water partition coefficient (Wildman–Crippen LogP) is 0.720. The van der Waals surface area contributed by atoms with Crippen molar-refractivity contribution in [3.8, 4) is 0 Å². The van der Waals surface area contributed by atoms with E-state index in [1.165, 1.54) is 6.54 Å².